The van der Waals surface area contributed by atoms with Gasteiger partial charge in [0, 0.05) is 5.69 Å². The van der Waals surface area contributed by atoms with Gasteiger partial charge in [0.25, 0.3) is 0 Å². The van der Waals surface area contributed by atoms with Gasteiger partial charge >= 0.3 is 0 Å². The van der Waals surface area contributed by atoms with Crippen molar-refractivity contribution in [1.29, 1.82) is 0 Å². The molecule has 0 bridgehead atoms. The third kappa shape index (κ3) is 4.20. The summed E-state index contributed by atoms with van der Waals surface area (Å²) in [7, 11) is 1.60. The van der Waals surface area contributed by atoms with E-state index in [0.29, 0.717) is 5.16 Å². The Bertz CT molecular complexity index is 633. The Morgan fingerprint density at radius 2 is 2.00 bits per heavy atom. The second-order valence-corrected chi connectivity index (χ2v) is 6.55. The maximum atomic E-state index is 12.0. The molecule has 0 radical (unpaired) electrons. The number of nitrogens with zero attached hydrogens (tertiary/aromatic N) is 4. The van der Waals surface area contributed by atoms with Gasteiger partial charge in [0.2, 0.25) is 11.1 Å². The van der Waals surface area contributed by atoms with Gasteiger partial charge < -0.3 is 10.1 Å². The molecule has 8 heteroatoms. The molecule has 1 aromatic heterocycles. The number of anilines is 1. The normalized spacial score (nSPS) is 11.3. The second kappa shape index (κ2) is 6.78. The van der Waals surface area contributed by atoms with E-state index in [-0.39, 0.29) is 17.2 Å². The van der Waals surface area contributed by atoms with Crippen molar-refractivity contribution in [2.45, 2.75) is 31.5 Å². The molecule has 22 heavy (non-hydrogen) atoms. The van der Waals surface area contributed by atoms with Gasteiger partial charge in [0.05, 0.1) is 18.4 Å². The number of benzene rings is 1. The van der Waals surface area contributed by atoms with E-state index in [1.165, 1.54) is 11.8 Å². The summed E-state index contributed by atoms with van der Waals surface area (Å²) in [6.07, 6.45) is 0. The molecule has 2 rings (SSSR count). The highest BCUT2D eigenvalue weighted by atomic mass is 32.2. The quantitative estimate of drug-likeness (QED) is 0.850. The van der Waals surface area contributed by atoms with E-state index in [0.717, 1.165) is 11.4 Å². The van der Waals surface area contributed by atoms with E-state index in [4.69, 9.17) is 4.74 Å². The van der Waals surface area contributed by atoms with Crippen LogP contribution < -0.4 is 10.1 Å². The molecule has 118 valence electrons. The van der Waals surface area contributed by atoms with Crippen LogP contribution in [-0.2, 0) is 10.3 Å². The molecule has 1 amide bonds. The van der Waals surface area contributed by atoms with Crippen molar-refractivity contribution in [3.8, 4) is 5.75 Å². The van der Waals surface area contributed by atoms with Crippen LogP contribution in [0.1, 0.15) is 20.8 Å². The van der Waals surface area contributed by atoms with Crippen molar-refractivity contribution in [2.24, 2.45) is 0 Å². The summed E-state index contributed by atoms with van der Waals surface area (Å²) in [5, 5.41) is 15.0. The number of ether oxygens (including phenoxy) is 1. The van der Waals surface area contributed by atoms with E-state index < -0.39 is 0 Å². The van der Waals surface area contributed by atoms with Crippen LogP contribution in [-0.4, -0.2) is 39.0 Å². The minimum atomic E-state index is -0.224. The number of aromatic nitrogens is 4. The maximum absolute atomic E-state index is 12.0. The molecule has 0 spiro atoms. The van der Waals surface area contributed by atoms with Crippen molar-refractivity contribution >= 4 is 23.4 Å². The third-order valence-corrected chi connectivity index (χ3v) is 3.70. The van der Waals surface area contributed by atoms with Crippen LogP contribution in [0.4, 0.5) is 5.69 Å². The molecule has 0 aliphatic rings. The molecule has 0 unspecified atom stereocenters. The molecule has 0 aliphatic carbocycles. The molecular weight excluding hydrogens is 302 g/mol. The zero-order valence-corrected chi connectivity index (χ0v) is 13.8. The molecule has 0 saturated heterocycles. The van der Waals surface area contributed by atoms with E-state index >= 15 is 0 Å². The fraction of sp³-hybridized carbons (Fsp3) is 0.429. The number of tetrazole rings is 1. The number of hydrogen-bond acceptors (Lipinski definition) is 6. The highest BCUT2D eigenvalue weighted by Crippen LogP contribution is 2.21. The maximum Gasteiger partial charge on any atom is 0.234 e. The Morgan fingerprint density at radius 1 is 1.32 bits per heavy atom. The number of amides is 1. The predicted octanol–water partition coefficient (Wildman–Crippen LogP) is 2.17. The average molecular weight is 321 g/mol. The van der Waals surface area contributed by atoms with Crippen LogP contribution in [0.2, 0.25) is 0 Å². The summed E-state index contributed by atoms with van der Waals surface area (Å²) in [5.41, 5.74) is 0.500. The van der Waals surface area contributed by atoms with Crippen LogP contribution in [0.5, 0.6) is 5.75 Å². The largest absolute Gasteiger partial charge is 0.497 e. The minimum absolute atomic E-state index is 0.112. The summed E-state index contributed by atoms with van der Waals surface area (Å²) in [5.74, 6) is 0.873. The van der Waals surface area contributed by atoms with Gasteiger partial charge in [-0.1, -0.05) is 11.8 Å². The van der Waals surface area contributed by atoms with E-state index in [1.807, 2.05) is 20.8 Å². The highest BCUT2D eigenvalue weighted by Gasteiger charge is 2.20. The van der Waals surface area contributed by atoms with Gasteiger partial charge in [-0.05, 0) is 55.5 Å². The van der Waals surface area contributed by atoms with Crippen LogP contribution >= 0.6 is 11.8 Å². The molecule has 1 N–H and O–H groups in total. The number of carbonyl (C=O) groups is 1. The topological polar surface area (TPSA) is 81.9 Å². The van der Waals surface area contributed by atoms with Crippen molar-refractivity contribution in [3.05, 3.63) is 24.3 Å². The van der Waals surface area contributed by atoms with E-state index in [1.54, 1.807) is 36.1 Å². The zero-order valence-electron chi connectivity index (χ0n) is 13.0. The number of hydrogen-bond donors (Lipinski definition) is 1. The van der Waals surface area contributed by atoms with Crippen LogP contribution in [0.25, 0.3) is 0 Å². The number of rotatable bonds is 5. The lowest BCUT2D eigenvalue weighted by molar-refractivity contribution is -0.113. The van der Waals surface area contributed by atoms with E-state index in [9.17, 15) is 4.79 Å². The third-order valence-electron chi connectivity index (χ3n) is 2.78. The first-order valence-electron chi connectivity index (χ1n) is 6.76. The van der Waals surface area contributed by atoms with Crippen molar-refractivity contribution in [3.63, 3.8) is 0 Å². The highest BCUT2D eigenvalue weighted by molar-refractivity contribution is 7.99. The summed E-state index contributed by atoms with van der Waals surface area (Å²) in [4.78, 5) is 12.0. The van der Waals surface area contributed by atoms with Crippen molar-refractivity contribution in [2.75, 3.05) is 18.2 Å². The standard InChI is InChI=1S/C14H19N5O2S/c1-14(2,3)19-13(16-17-18-19)22-9-12(20)15-10-5-7-11(21-4)8-6-10/h5-8H,9H2,1-4H3,(H,15,20). The Morgan fingerprint density at radius 3 is 2.59 bits per heavy atom. The molecule has 0 atom stereocenters. The lowest BCUT2D eigenvalue weighted by Crippen LogP contribution is -2.24. The number of thioether (sulfide) groups is 1. The van der Waals surface area contributed by atoms with Crippen LogP contribution in [0.3, 0.4) is 0 Å². The molecule has 2 aromatic rings. The van der Waals surface area contributed by atoms with Crippen molar-refractivity contribution < 1.29 is 9.53 Å². The molecule has 0 saturated carbocycles. The lowest BCUT2D eigenvalue weighted by atomic mass is 10.1. The number of carbonyl (C=O) groups excluding carboxylic acids is 1. The molecule has 1 aromatic carbocycles. The first kappa shape index (κ1) is 16.3. The van der Waals surface area contributed by atoms with Gasteiger partial charge in [0.1, 0.15) is 5.75 Å². The number of nitrogens with one attached hydrogen (secondary N) is 1. The lowest BCUT2D eigenvalue weighted by Gasteiger charge is -2.19. The molecule has 1 heterocycles. The molecular formula is C14H19N5O2S. The molecule has 0 aliphatic heterocycles. The van der Waals surface area contributed by atoms with E-state index in [2.05, 4.69) is 20.8 Å². The summed E-state index contributed by atoms with van der Waals surface area (Å²) >= 11 is 1.31. The van der Waals surface area contributed by atoms with Crippen LogP contribution in [0, 0.1) is 0 Å². The van der Waals surface area contributed by atoms with Crippen molar-refractivity contribution in [1.82, 2.24) is 20.2 Å². The van der Waals surface area contributed by atoms with Gasteiger partial charge in [-0.2, -0.15) is 0 Å². The Hall–Kier alpha value is -2.09. The SMILES string of the molecule is COc1ccc(NC(=O)CSc2nnnn2C(C)(C)C)cc1. The van der Waals surface area contributed by atoms with Gasteiger partial charge in [-0.25, -0.2) is 4.68 Å². The first-order valence-corrected chi connectivity index (χ1v) is 7.74. The Kier molecular flexibility index (Phi) is 5.02. The summed E-state index contributed by atoms with van der Waals surface area (Å²) in [6.45, 7) is 6.01. The first-order chi connectivity index (χ1) is 10.4. The average Bonchev–Trinajstić information content (AvgIpc) is 2.94. The van der Waals surface area contributed by atoms with Gasteiger partial charge in [0.15, 0.2) is 0 Å². The zero-order chi connectivity index (χ0) is 16.2. The fourth-order valence-corrected chi connectivity index (χ4v) is 2.55. The number of methoxy groups -OCH3 is 1. The fourth-order valence-electron chi connectivity index (χ4n) is 1.69. The van der Waals surface area contributed by atoms with Crippen LogP contribution in [0.15, 0.2) is 29.4 Å². The molecule has 0 fully saturated rings. The predicted molar refractivity (Wildman–Crippen MR) is 85.2 cm³/mol. The van der Waals surface area contributed by atoms with Gasteiger partial charge in [-0.15, -0.1) is 5.10 Å². The minimum Gasteiger partial charge on any atom is -0.497 e. The van der Waals surface area contributed by atoms with Gasteiger partial charge in [-0.3, -0.25) is 4.79 Å². The monoisotopic (exact) mass is 321 g/mol. The summed E-state index contributed by atoms with van der Waals surface area (Å²) < 4.78 is 6.78. The second-order valence-electron chi connectivity index (χ2n) is 5.61. The molecule has 7 nitrogen and oxygen atoms in total. The smallest absolute Gasteiger partial charge is 0.234 e. The Labute approximate surface area is 133 Å². The summed E-state index contributed by atoms with van der Waals surface area (Å²) in [6, 6.07) is 7.17. The Balaban J connectivity index is 1.91.